The molecule has 0 aromatic carbocycles. The summed E-state index contributed by atoms with van der Waals surface area (Å²) in [6.07, 6.45) is -0.911. The first-order chi connectivity index (χ1) is 7.95. The third-order valence-electron chi connectivity index (χ3n) is 3.88. The van der Waals surface area contributed by atoms with Crippen LogP contribution < -0.4 is 0 Å². The Labute approximate surface area is 112 Å². The van der Waals surface area contributed by atoms with Crippen LogP contribution >= 0.6 is 0 Å². The predicted octanol–water partition coefficient (Wildman–Crippen LogP) is 2.52. The van der Waals surface area contributed by atoms with Gasteiger partial charge in [0.15, 0.2) is 14.1 Å². The summed E-state index contributed by atoms with van der Waals surface area (Å²) in [6.45, 7) is 15.4. The molecule has 0 saturated carbocycles. The molecule has 0 unspecified atom stereocenters. The Morgan fingerprint density at radius 3 is 2.33 bits per heavy atom. The molecule has 108 valence electrons. The van der Waals surface area contributed by atoms with Crippen LogP contribution in [0.4, 0.5) is 0 Å². The fourth-order valence-electron chi connectivity index (χ4n) is 1.52. The van der Waals surface area contributed by atoms with Crippen LogP contribution in [0.5, 0.6) is 0 Å². The highest BCUT2D eigenvalue weighted by Gasteiger charge is 2.40. The highest BCUT2D eigenvalue weighted by molar-refractivity contribution is 6.74. The molecule has 0 bridgehead atoms. The molecule has 4 nitrogen and oxygen atoms in total. The van der Waals surface area contributed by atoms with Gasteiger partial charge in [-0.25, -0.2) is 0 Å². The van der Waals surface area contributed by atoms with Gasteiger partial charge in [-0.15, -0.1) is 0 Å². The lowest BCUT2D eigenvalue weighted by Gasteiger charge is -2.37. The molecule has 1 saturated heterocycles. The minimum absolute atomic E-state index is 0.152. The van der Waals surface area contributed by atoms with Crippen LogP contribution in [0.3, 0.4) is 0 Å². The van der Waals surface area contributed by atoms with Gasteiger partial charge in [-0.05, 0) is 32.0 Å². The van der Waals surface area contributed by atoms with E-state index in [0.717, 1.165) is 0 Å². The topological polar surface area (TPSA) is 47.9 Å². The van der Waals surface area contributed by atoms with Crippen LogP contribution in [0.1, 0.15) is 34.6 Å². The lowest BCUT2D eigenvalue weighted by atomic mass is 10.2. The van der Waals surface area contributed by atoms with Gasteiger partial charge in [-0.2, -0.15) is 0 Å². The van der Waals surface area contributed by atoms with Crippen LogP contribution in [0, 0.1) is 0 Å². The Bertz CT molecular complexity index is 283. The van der Waals surface area contributed by atoms with Crippen LogP contribution in [-0.4, -0.2) is 44.6 Å². The summed E-state index contributed by atoms with van der Waals surface area (Å²) in [4.78, 5) is 0. The molecule has 2 atom stereocenters. The zero-order valence-electron chi connectivity index (χ0n) is 12.7. The molecular weight excluding hydrogens is 248 g/mol. The SMILES string of the molecule is CC1(C)OC[C@@H]([C@@H](O)CO[Si](C)(C)C(C)(C)C)O1. The third kappa shape index (κ3) is 4.03. The van der Waals surface area contributed by atoms with Crippen LogP contribution in [0.15, 0.2) is 0 Å². The summed E-state index contributed by atoms with van der Waals surface area (Å²) in [5.74, 6) is -0.595. The van der Waals surface area contributed by atoms with Gasteiger partial charge in [0, 0.05) is 0 Å². The monoisotopic (exact) mass is 276 g/mol. The molecule has 1 aliphatic heterocycles. The molecule has 0 aliphatic carbocycles. The first-order valence-corrected chi connectivity index (χ1v) is 9.49. The molecule has 1 heterocycles. The molecule has 18 heavy (non-hydrogen) atoms. The summed E-state index contributed by atoms with van der Waals surface area (Å²) >= 11 is 0. The van der Waals surface area contributed by atoms with Crippen molar-refractivity contribution >= 4 is 8.32 Å². The van der Waals surface area contributed by atoms with E-state index in [9.17, 15) is 5.11 Å². The van der Waals surface area contributed by atoms with Crippen LogP contribution in [0.25, 0.3) is 0 Å². The fraction of sp³-hybridized carbons (Fsp3) is 1.00. The van der Waals surface area contributed by atoms with E-state index in [0.29, 0.717) is 13.2 Å². The summed E-state index contributed by atoms with van der Waals surface area (Å²) in [5.41, 5.74) is 0. The van der Waals surface area contributed by atoms with E-state index in [-0.39, 0.29) is 11.1 Å². The average molecular weight is 276 g/mol. The van der Waals surface area contributed by atoms with Crippen molar-refractivity contribution in [2.24, 2.45) is 0 Å². The minimum Gasteiger partial charge on any atom is -0.414 e. The molecule has 0 aromatic heterocycles. The van der Waals surface area contributed by atoms with Gasteiger partial charge < -0.3 is 19.0 Å². The maximum atomic E-state index is 10.1. The largest absolute Gasteiger partial charge is 0.414 e. The highest BCUT2D eigenvalue weighted by Crippen LogP contribution is 2.36. The van der Waals surface area contributed by atoms with Gasteiger partial charge >= 0.3 is 0 Å². The van der Waals surface area contributed by atoms with E-state index in [1.54, 1.807) is 0 Å². The zero-order chi connectivity index (χ0) is 14.2. The Hall–Kier alpha value is 0.0569. The van der Waals surface area contributed by atoms with E-state index in [1.807, 2.05) is 13.8 Å². The first kappa shape index (κ1) is 16.1. The van der Waals surface area contributed by atoms with E-state index in [1.165, 1.54) is 0 Å². The van der Waals surface area contributed by atoms with Crippen molar-refractivity contribution in [3.63, 3.8) is 0 Å². The summed E-state index contributed by atoms with van der Waals surface area (Å²) in [6, 6.07) is 0. The maximum Gasteiger partial charge on any atom is 0.192 e. The van der Waals surface area contributed by atoms with Crippen molar-refractivity contribution in [2.45, 2.75) is 70.7 Å². The van der Waals surface area contributed by atoms with E-state index >= 15 is 0 Å². The Morgan fingerprint density at radius 1 is 1.39 bits per heavy atom. The number of hydrogen-bond acceptors (Lipinski definition) is 4. The van der Waals surface area contributed by atoms with Crippen molar-refractivity contribution < 1.29 is 19.0 Å². The van der Waals surface area contributed by atoms with Gasteiger partial charge in [0.1, 0.15) is 12.2 Å². The molecule has 1 rings (SSSR count). The fourth-order valence-corrected chi connectivity index (χ4v) is 2.54. The lowest BCUT2D eigenvalue weighted by Crippen LogP contribution is -2.45. The first-order valence-electron chi connectivity index (χ1n) is 6.58. The van der Waals surface area contributed by atoms with Crippen molar-refractivity contribution in [1.29, 1.82) is 0 Å². The van der Waals surface area contributed by atoms with Crippen LogP contribution in [-0.2, 0) is 13.9 Å². The lowest BCUT2D eigenvalue weighted by molar-refractivity contribution is -0.153. The minimum atomic E-state index is -1.81. The molecule has 0 radical (unpaired) electrons. The molecule has 0 aromatic rings. The Kier molecular flexibility index (Phi) is 4.66. The van der Waals surface area contributed by atoms with Crippen LogP contribution in [0.2, 0.25) is 18.1 Å². The number of rotatable bonds is 4. The third-order valence-corrected chi connectivity index (χ3v) is 8.38. The Balaban J connectivity index is 2.45. The quantitative estimate of drug-likeness (QED) is 0.802. The second kappa shape index (κ2) is 5.21. The predicted molar refractivity (Wildman–Crippen MR) is 74.1 cm³/mol. The van der Waals surface area contributed by atoms with Crippen molar-refractivity contribution in [3.8, 4) is 0 Å². The van der Waals surface area contributed by atoms with E-state index in [2.05, 4.69) is 33.9 Å². The van der Waals surface area contributed by atoms with Crippen molar-refractivity contribution in [2.75, 3.05) is 13.2 Å². The average Bonchev–Trinajstić information content (AvgIpc) is 2.53. The standard InChI is InChI=1S/C13H28O4Si/c1-12(2,3)18(6,7)16-8-10(14)11-9-15-13(4,5)17-11/h10-11,14H,8-9H2,1-7H3/t10-,11-/m0/s1. The van der Waals surface area contributed by atoms with Crippen molar-refractivity contribution in [3.05, 3.63) is 0 Å². The number of aliphatic hydroxyl groups is 1. The van der Waals surface area contributed by atoms with Gasteiger partial charge in [0.25, 0.3) is 0 Å². The van der Waals surface area contributed by atoms with Gasteiger partial charge in [-0.3, -0.25) is 0 Å². The van der Waals surface area contributed by atoms with E-state index in [4.69, 9.17) is 13.9 Å². The maximum absolute atomic E-state index is 10.1. The molecular formula is C13H28O4Si. The zero-order valence-corrected chi connectivity index (χ0v) is 13.7. The number of aliphatic hydroxyl groups excluding tert-OH is 1. The Morgan fingerprint density at radius 2 is 1.94 bits per heavy atom. The molecule has 1 N–H and O–H groups in total. The summed E-state index contributed by atoms with van der Waals surface area (Å²) in [7, 11) is -1.81. The number of hydrogen-bond donors (Lipinski definition) is 1. The normalized spacial score (nSPS) is 26.3. The molecule has 1 aliphatic rings. The van der Waals surface area contributed by atoms with E-state index < -0.39 is 20.2 Å². The second-order valence-corrected chi connectivity index (χ2v) is 11.8. The van der Waals surface area contributed by atoms with Crippen molar-refractivity contribution in [1.82, 2.24) is 0 Å². The molecule has 0 amide bonds. The molecule has 5 heteroatoms. The smallest absolute Gasteiger partial charge is 0.192 e. The summed E-state index contributed by atoms with van der Waals surface area (Å²) < 4.78 is 17.1. The molecule has 1 fully saturated rings. The second-order valence-electron chi connectivity index (χ2n) is 7.01. The van der Waals surface area contributed by atoms with Gasteiger partial charge in [0.05, 0.1) is 13.2 Å². The highest BCUT2D eigenvalue weighted by atomic mass is 28.4. The van der Waals surface area contributed by atoms with Gasteiger partial charge in [0.2, 0.25) is 0 Å². The number of ether oxygens (including phenoxy) is 2. The summed E-state index contributed by atoms with van der Waals surface area (Å²) in [5, 5.41) is 10.3. The molecule has 0 spiro atoms. The van der Waals surface area contributed by atoms with Gasteiger partial charge in [-0.1, -0.05) is 20.8 Å².